The van der Waals surface area contributed by atoms with Gasteiger partial charge < -0.3 is 15.3 Å². The van der Waals surface area contributed by atoms with E-state index in [4.69, 9.17) is 0 Å². The second-order valence-electron chi connectivity index (χ2n) is 8.52. The van der Waals surface area contributed by atoms with E-state index in [1.165, 1.54) is 23.4 Å². The van der Waals surface area contributed by atoms with Crippen LogP contribution in [0.1, 0.15) is 26.2 Å². The normalized spacial score (nSPS) is 19.1. The molecule has 2 aromatic rings. The Kier molecular flexibility index (Phi) is 8.10. The van der Waals surface area contributed by atoms with Crippen LogP contribution in [0.3, 0.4) is 0 Å². The number of carbonyl (C=O) groups excluding carboxylic acids is 1. The molecular weight excluding hydrogens is 442 g/mol. The lowest BCUT2D eigenvalue weighted by Crippen LogP contribution is -2.45. The minimum absolute atomic E-state index is 0.0407. The minimum atomic E-state index is -3.72. The van der Waals surface area contributed by atoms with Gasteiger partial charge in [0.25, 0.3) is 0 Å². The maximum Gasteiger partial charge on any atom is 0.303 e. The van der Waals surface area contributed by atoms with E-state index < -0.39 is 16.0 Å². The highest BCUT2D eigenvalue weighted by molar-refractivity contribution is 7.89. The van der Waals surface area contributed by atoms with Crippen molar-refractivity contribution in [1.29, 1.82) is 0 Å². The predicted molar refractivity (Wildman–Crippen MR) is 128 cm³/mol. The lowest BCUT2D eigenvalue weighted by Gasteiger charge is -2.38. The van der Waals surface area contributed by atoms with Crippen molar-refractivity contribution < 1.29 is 23.1 Å². The third-order valence-electron chi connectivity index (χ3n) is 6.14. The first-order chi connectivity index (χ1) is 15.7. The van der Waals surface area contributed by atoms with E-state index in [1.54, 1.807) is 12.1 Å². The van der Waals surface area contributed by atoms with E-state index in [0.29, 0.717) is 31.6 Å². The number of carbonyl (C=O) groups is 2. The van der Waals surface area contributed by atoms with Crippen molar-refractivity contribution in [2.75, 3.05) is 36.9 Å². The zero-order chi connectivity index (χ0) is 24.0. The summed E-state index contributed by atoms with van der Waals surface area (Å²) in [6.07, 6.45) is 1.24. The van der Waals surface area contributed by atoms with Crippen LogP contribution in [0.4, 0.5) is 11.4 Å². The highest BCUT2D eigenvalue weighted by Gasteiger charge is 2.36. The van der Waals surface area contributed by atoms with E-state index in [0.717, 1.165) is 5.69 Å². The first kappa shape index (κ1) is 24.7. The Morgan fingerprint density at radius 1 is 1.09 bits per heavy atom. The lowest BCUT2D eigenvalue weighted by atomic mass is 9.82. The molecule has 0 radical (unpaired) electrons. The second kappa shape index (κ2) is 10.8. The Balaban J connectivity index is 1.73. The summed E-state index contributed by atoms with van der Waals surface area (Å²) in [5.41, 5.74) is 1.59. The molecule has 0 aromatic heterocycles. The first-order valence-corrected chi connectivity index (χ1v) is 12.5. The highest BCUT2D eigenvalue weighted by Crippen LogP contribution is 2.33. The molecule has 1 fully saturated rings. The van der Waals surface area contributed by atoms with Crippen molar-refractivity contribution >= 4 is 33.3 Å². The Bertz CT molecular complexity index is 1060. The highest BCUT2D eigenvalue weighted by atomic mass is 32.2. The van der Waals surface area contributed by atoms with Gasteiger partial charge in [0.2, 0.25) is 15.9 Å². The summed E-state index contributed by atoms with van der Waals surface area (Å²) >= 11 is 0. The van der Waals surface area contributed by atoms with Crippen molar-refractivity contribution in [1.82, 2.24) is 4.31 Å². The Morgan fingerprint density at radius 2 is 1.76 bits per heavy atom. The van der Waals surface area contributed by atoms with Crippen LogP contribution in [-0.4, -0.2) is 56.4 Å². The molecule has 2 N–H and O–H groups in total. The van der Waals surface area contributed by atoms with Crippen molar-refractivity contribution in [2.24, 2.45) is 11.8 Å². The number of aliphatic carboxylic acids is 1. The van der Waals surface area contributed by atoms with Gasteiger partial charge in [0.1, 0.15) is 0 Å². The molecule has 1 aliphatic heterocycles. The molecule has 9 heteroatoms. The summed E-state index contributed by atoms with van der Waals surface area (Å²) in [5.74, 6) is -1.21. The third-order valence-corrected chi connectivity index (χ3v) is 8.02. The monoisotopic (exact) mass is 473 g/mol. The fraction of sp³-hybridized carbons (Fsp3) is 0.417. The first-order valence-electron chi connectivity index (χ1n) is 11.0. The van der Waals surface area contributed by atoms with Gasteiger partial charge in [-0.3, -0.25) is 9.59 Å². The summed E-state index contributed by atoms with van der Waals surface area (Å²) in [6, 6.07) is 16.0. The number of piperidine rings is 1. The SMILES string of the molecule is CC(=O)Nc1ccc(S(=O)(=O)N2CC[C@@H](CC(=O)O)[C@@H](CCN(C)c3ccccc3)C2)cc1. The molecule has 0 aliphatic carbocycles. The number of anilines is 2. The van der Waals surface area contributed by atoms with Crippen LogP contribution in [0.2, 0.25) is 0 Å². The zero-order valence-electron chi connectivity index (χ0n) is 19.0. The number of para-hydroxylation sites is 1. The molecule has 2 atom stereocenters. The zero-order valence-corrected chi connectivity index (χ0v) is 19.8. The average molecular weight is 474 g/mol. The van der Waals surface area contributed by atoms with Crippen molar-refractivity contribution in [2.45, 2.75) is 31.1 Å². The maximum atomic E-state index is 13.3. The fourth-order valence-corrected chi connectivity index (χ4v) is 5.83. The lowest BCUT2D eigenvalue weighted by molar-refractivity contribution is -0.139. The number of hydrogen-bond donors (Lipinski definition) is 2. The molecule has 0 spiro atoms. The van der Waals surface area contributed by atoms with Gasteiger partial charge in [0.05, 0.1) is 4.90 Å². The number of benzene rings is 2. The Hall–Kier alpha value is -2.91. The van der Waals surface area contributed by atoms with E-state index in [1.807, 2.05) is 37.4 Å². The van der Waals surface area contributed by atoms with Crippen molar-refractivity contribution in [3.8, 4) is 0 Å². The van der Waals surface area contributed by atoms with Crippen LogP contribution in [0.5, 0.6) is 0 Å². The Morgan fingerprint density at radius 3 is 2.36 bits per heavy atom. The van der Waals surface area contributed by atoms with Gasteiger partial charge in [0, 0.05) is 51.4 Å². The van der Waals surface area contributed by atoms with Gasteiger partial charge >= 0.3 is 5.97 Å². The van der Waals surface area contributed by atoms with Gasteiger partial charge in [-0.05, 0) is 61.1 Å². The standard InChI is InChI=1S/C24H31N3O5S/c1-18(28)25-21-8-10-23(11-9-21)33(31,32)27-15-13-19(16-24(29)30)20(17-27)12-14-26(2)22-6-4-3-5-7-22/h3-11,19-20H,12-17H2,1-2H3,(H,25,28)(H,29,30)/t19-,20-/m0/s1. The van der Waals surface area contributed by atoms with Crippen LogP contribution < -0.4 is 10.2 Å². The van der Waals surface area contributed by atoms with E-state index in [-0.39, 0.29) is 35.6 Å². The largest absolute Gasteiger partial charge is 0.481 e. The van der Waals surface area contributed by atoms with E-state index in [2.05, 4.69) is 10.2 Å². The molecule has 1 heterocycles. The number of hydrogen-bond acceptors (Lipinski definition) is 5. The Labute approximate surface area is 195 Å². The molecule has 33 heavy (non-hydrogen) atoms. The van der Waals surface area contributed by atoms with Crippen molar-refractivity contribution in [3.05, 3.63) is 54.6 Å². The molecular formula is C24H31N3O5S. The number of nitrogens with one attached hydrogen (secondary N) is 1. The van der Waals surface area contributed by atoms with E-state index >= 15 is 0 Å². The van der Waals surface area contributed by atoms with Crippen molar-refractivity contribution in [3.63, 3.8) is 0 Å². The third kappa shape index (κ3) is 6.55. The van der Waals surface area contributed by atoms with Gasteiger partial charge in [0.15, 0.2) is 0 Å². The molecule has 1 aliphatic rings. The molecule has 0 unspecified atom stereocenters. The molecule has 3 rings (SSSR count). The van der Waals surface area contributed by atoms with Crippen LogP contribution in [0.15, 0.2) is 59.5 Å². The molecule has 178 valence electrons. The van der Waals surface area contributed by atoms with Gasteiger partial charge in [-0.1, -0.05) is 18.2 Å². The number of nitrogens with zero attached hydrogens (tertiary/aromatic N) is 2. The van der Waals surface area contributed by atoms with Crippen LogP contribution in [0.25, 0.3) is 0 Å². The molecule has 0 saturated carbocycles. The molecule has 1 saturated heterocycles. The molecule has 0 bridgehead atoms. The molecule has 8 nitrogen and oxygen atoms in total. The molecule has 2 aromatic carbocycles. The number of amides is 1. The van der Waals surface area contributed by atoms with Crippen LogP contribution >= 0.6 is 0 Å². The number of carboxylic acid groups (broad SMARTS) is 1. The quantitative estimate of drug-likeness (QED) is 0.579. The number of rotatable bonds is 9. The van der Waals surface area contributed by atoms with Gasteiger partial charge in [-0.25, -0.2) is 8.42 Å². The van der Waals surface area contributed by atoms with Crippen LogP contribution in [-0.2, 0) is 19.6 Å². The van der Waals surface area contributed by atoms with E-state index in [9.17, 15) is 23.1 Å². The van der Waals surface area contributed by atoms with Gasteiger partial charge in [-0.2, -0.15) is 4.31 Å². The molecule has 1 amide bonds. The predicted octanol–water partition coefficient (Wildman–Crippen LogP) is 3.27. The summed E-state index contributed by atoms with van der Waals surface area (Å²) in [7, 11) is -1.74. The topological polar surface area (TPSA) is 107 Å². The fourth-order valence-electron chi connectivity index (χ4n) is 4.32. The van der Waals surface area contributed by atoms with Gasteiger partial charge in [-0.15, -0.1) is 0 Å². The summed E-state index contributed by atoms with van der Waals surface area (Å²) in [5, 5.41) is 12.0. The number of carboxylic acids is 1. The number of sulfonamides is 1. The average Bonchev–Trinajstić information content (AvgIpc) is 2.78. The van der Waals surface area contributed by atoms with Crippen LogP contribution in [0, 0.1) is 11.8 Å². The maximum absolute atomic E-state index is 13.3. The second-order valence-corrected chi connectivity index (χ2v) is 10.5. The summed E-state index contributed by atoms with van der Waals surface area (Å²) in [4.78, 5) is 24.9. The summed E-state index contributed by atoms with van der Waals surface area (Å²) in [6.45, 7) is 2.67. The summed E-state index contributed by atoms with van der Waals surface area (Å²) < 4.78 is 28.0. The minimum Gasteiger partial charge on any atom is -0.481 e. The smallest absolute Gasteiger partial charge is 0.303 e.